The molecule has 20 heavy (non-hydrogen) atoms. The first kappa shape index (κ1) is 11.2. The van der Waals surface area contributed by atoms with Gasteiger partial charge in [0.1, 0.15) is 12.1 Å². The van der Waals surface area contributed by atoms with Crippen molar-refractivity contribution in [3.63, 3.8) is 0 Å². The molecular formula is C14H13N5O. The highest BCUT2D eigenvalue weighted by Crippen LogP contribution is 2.23. The van der Waals surface area contributed by atoms with Crippen molar-refractivity contribution in [2.24, 2.45) is 0 Å². The number of H-pyrrole nitrogens is 1. The van der Waals surface area contributed by atoms with E-state index in [0.29, 0.717) is 11.7 Å². The van der Waals surface area contributed by atoms with Crippen molar-refractivity contribution in [1.29, 1.82) is 0 Å². The quantitative estimate of drug-likeness (QED) is 0.726. The first-order valence-electron chi connectivity index (χ1n) is 6.56. The van der Waals surface area contributed by atoms with Crippen LogP contribution in [0.2, 0.25) is 0 Å². The van der Waals surface area contributed by atoms with Gasteiger partial charge in [0.05, 0.1) is 0 Å². The van der Waals surface area contributed by atoms with Crippen molar-refractivity contribution >= 4 is 11.5 Å². The average Bonchev–Trinajstić information content (AvgIpc) is 3.02. The predicted molar refractivity (Wildman–Crippen MR) is 74.9 cm³/mol. The second kappa shape index (κ2) is 4.19. The van der Waals surface area contributed by atoms with Crippen molar-refractivity contribution in [2.75, 3.05) is 5.32 Å². The van der Waals surface area contributed by atoms with Gasteiger partial charge in [-0.2, -0.15) is 5.10 Å². The molecule has 0 saturated carbocycles. The van der Waals surface area contributed by atoms with Gasteiger partial charge in [0.25, 0.3) is 0 Å². The monoisotopic (exact) mass is 267 g/mol. The molecule has 4 rings (SSSR count). The highest BCUT2D eigenvalue weighted by atomic mass is 16.1. The molecule has 0 saturated heterocycles. The minimum atomic E-state index is -0.271. The molecule has 1 aliphatic carbocycles. The summed E-state index contributed by atoms with van der Waals surface area (Å²) >= 11 is 0. The Morgan fingerprint density at radius 3 is 2.75 bits per heavy atom. The van der Waals surface area contributed by atoms with Crippen LogP contribution in [0.5, 0.6) is 0 Å². The van der Waals surface area contributed by atoms with E-state index in [1.807, 2.05) is 0 Å². The fourth-order valence-corrected chi connectivity index (χ4v) is 2.76. The van der Waals surface area contributed by atoms with Crippen LogP contribution in [0.15, 0.2) is 41.5 Å². The number of aromatic amines is 1. The lowest BCUT2D eigenvalue weighted by molar-refractivity contribution is 0.767. The van der Waals surface area contributed by atoms with E-state index in [-0.39, 0.29) is 5.69 Å². The molecule has 1 aromatic carbocycles. The number of nitrogens with one attached hydrogen (secondary N) is 2. The van der Waals surface area contributed by atoms with Gasteiger partial charge in [-0.15, -0.1) is 0 Å². The van der Waals surface area contributed by atoms with Gasteiger partial charge in [0, 0.05) is 12.1 Å². The number of fused-ring (bicyclic) bond motifs is 2. The van der Waals surface area contributed by atoms with Crippen LogP contribution in [-0.4, -0.2) is 25.6 Å². The first-order chi connectivity index (χ1) is 9.79. The SMILES string of the molecule is O=c1[nH]nc2cc(NC3Cc4ccccc4C3)ncn12. The molecule has 0 amide bonds. The summed E-state index contributed by atoms with van der Waals surface area (Å²) in [4.78, 5) is 15.6. The van der Waals surface area contributed by atoms with Crippen LogP contribution in [0.4, 0.5) is 5.82 Å². The summed E-state index contributed by atoms with van der Waals surface area (Å²) in [5.41, 5.74) is 3.08. The van der Waals surface area contributed by atoms with Crippen molar-refractivity contribution in [2.45, 2.75) is 18.9 Å². The number of anilines is 1. The topological polar surface area (TPSA) is 75.1 Å². The molecule has 0 aliphatic heterocycles. The molecule has 100 valence electrons. The van der Waals surface area contributed by atoms with Gasteiger partial charge in [-0.05, 0) is 24.0 Å². The standard InChI is InChI=1S/C14H13N5O/c20-14-18-17-13-7-12(15-8-19(13)14)16-11-5-9-3-1-2-4-10(9)6-11/h1-4,7-8,11,16H,5-6H2,(H,18,20). The Labute approximate surface area is 114 Å². The molecule has 2 aromatic heterocycles. The smallest absolute Gasteiger partial charge is 0.348 e. The maximum absolute atomic E-state index is 11.4. The summed E-state index contributed by atoms with van der Waals surface area (Å²) < 4.78 is 1.38. The van der Waals surface area contributed by atoms with E-state index in [1.165, 1.54) is 21.9 Å². The van der Waals surface area contributed by atoms with Crippen molar-refractivity contribution in [3.8, 4) is 0 Å². The van der Waals surface area contributed by atoms with Crippen LogP contribution in [0.1, 0.15) is 11.1 Å². The molecule has 2 heterocycles. The van der Waals surface area contributed by atoms with Crippen molar-refractivity contribution < 1.29 is 0 Å². The van der Waals surface area contributed by atoms with E-state index in [4.69, 9.17) is 0 Å². The van der Waals surface area contributed by atoms with Crippen molar-refractivity contribution in [3.05, 3.63) is 58.3 Å². The fraction of sp³-hybridized carbons (Fsp3) is 0.214. The Bertz CT molecular complexity index is 810. The van der Waals surface area contributed by atoms with E-state index in [1.54, 1.807) is 6.07 Å². The van der Waals surface area contributed by atoms with Gasteiger partial charge in [-0.3, -0.25) is 0 Å². The summed E-state index contributed by atoms with van der Waals surface area (Å²) in [5.74, 6) is 0.745. The molecule has 6 nitrogen and oxygen atoms in total. The summed E-state index contributed by atoms with van der Waals surface area (Å²) in [5, 5.41) is 9.75. The third-order valence-corrected chi connectivity index (χ3v) is 3.71. The predicted octanol–water partition coefficient (Wildman–Crippen LogP) is 0.997. The van der Waals surface area contributed by atoms with Gasteiger partial charge in [-0.1, -0.05) is 24.3 Å². The zero-order valence-electron chi connectivity index (χ0n) is 10.7. The van der Waals surface area contributed by atoms with Gasteiger partial charge in [-0.25, -0.2) is 19.3 Å². The second-order valence-electron chi connectivity index (χ2n) is 5.05. The Balaban J connectivity index is 1.58. The normalized spacial score (nSPS) is 14.6. The van der Waals surface area contributed by atoms with E-state index in [0.717, 1.165) is 18.7 Å². The number of hydrogen-bond acceptors (Lipinski definition) is 4. The lowest BCUT2D eigenvalue weighted by atomic mass is 10.1. The van der Waals surface area contributed by atoms with Crippen LogP contribution in [-0.2, 0) is 12.8 Å². The summed E-state index contributed by atoms with van der Waals surface area (Å²) in [6.07, 6.45) is 3.48. The molecule has 0 atom stereocenters. The lowest BCUT2D eigenvalue weighted by Crippen LogP contribution is -2.20. The molecular weight excluding hydrogens is 254 g/mol. The van der Waals surface area contributed by atoms with Crippen LogP contribution >= 0.6 is 0 Å². The Morgan fingerprint density at radius 1 is 1.25 bits per heavy atom. The Hall–Kier alpha value is -2.63. The molecule has 3 aromatic rings. The number of rotatable bonds is 2. The molecule has 0 spiro atoms. The van der Waals surface area contributed by atoms with E-state index < -0.39 is 0 Å². The van der Waals surface area contributed by atoms with Gasteiger partial charge < -0.3 is 5.32 Å². The largest absolute Gasteiger partial charge is 0.367 e. The molecule has 0 radical (unpaired) electrons. The van der Waals surface area contributed by atoms with Crippen LogP contribution in [0.3, 0.4) is 0 Å². The molecule has 0 bridgehead atoms. The molecule has 0 fully saturated rings. The van der Waals surface area contributed by atoms with Crippen molar-refractivity contribution in [1.82, 2.24) is 19.6 Å². The van der Waals surface area contributed by atoms with E-state index in [9.17, 15) is 4.79 Å². The van der Waals surface area contributed by atoms with Crippen LogP contribution < -0.4 is 11.0 Å². The lowest BCUT2D eigenvalue weighted by Gasteiger charge is -2.12. The Morgan fingerprint density at radius 2 is 2.00 bits per heavy atom. The van der Waals surface area contributed by atoms with Crippen LogP contribution in [0.25, 0.3) is 5.65 Å². The zero-order chi connectivity index (χ0) is 13.5. The van der Waals surface area contributed by atoms with Gasteiger partial charge >= 0.3 is 5.69 Å². The van der Waals surface area contributed by atoms with Gasteiger partial charge in [0.2, 0.25) is 0 Å². The zero-order valence-corrected chi connectivity index (χ0v) is 10.7. The number of hydrogen-bond donors (Lipinski definition) is 2. The third kappa shape index (κ3) is 1.77. The maximum atomic E-state index is 11.4. The van der Waals surface area contributed by atoms with E-state index in [2.05, 4.69) is 44.8 Å². The molecule has 6 heteroatoms. The number of benzene rings is 1. The van der Waals surface area contributed by atoms with Crippen LogP contribution in [0, 0.1) is 0 Å². The molecule has 0 unspecified atom stereocenters. The average molecular weight is 267 g/mol. The summed E-state index contributed by atoms with van der Waals surface area (Å²) in [6.45, 7) is 0. The minimum Gasteiger partial charge on any atom is -0.367 e. The fourth-order valence-electron chi connectivity index (χ4n) is 2.76. The Kier molecular flexibility index (Phi) is 2.35. The number of aromatic nitrogens is 4. The molecule has 1 aliphatic rings. The minimum absolute atomic E-state index is 0.271. The summed E-state index contributed by atoms with van der Waals surface area (Å²) in [7, 11) is 0. The summed E-state index contributed by atoms with van der Waals surface area (Å²) in [6, 6.07) is 10.6. The first-order valence-corrected chi connectivity index (χ1v) is 6.56. The maximum Gasteiger partial charge on any atom is 0.348 e. The van der Waals surface area contributed by atoms with E-state index >= 15 is 0 Å². The molecule has 2 N–H and O–H groups in total. The second-order valence-corrected chi connectivity index (χ2v) is 5.05. The number of nitrogens with zero attached hydrogens (tertiary/aromatic N) is 3. The highest BCUT2D eigenvalue weighted by molar-refractivity contribution is 5.50. The third-order valence-electron chi connectivity index (χ3n) is 3.71. The highest BCUT2D eigenvalue weighted by Gasteiger charge is 2.21. The van der Waals surface area contributed by atoms with Gasteiger partial charge in [0.15, 0.2) is 5.65 Å².